The normalized spacial score (nSPS) is 16.7. The molecule has 5 rings (SSSR count). The molecule has 9 heteroatoms. The summed E-state index contributed by atoms with van der Waals surface area (Å²) in [5, 5.41) is 13.9. The van der Waals surface area contributed by atoms with Gasteiger partial charge in [0.15, 0.2) is 5.01 Å². The molecule has 2 aromatic heterocycles. The summed E-state index contributed by atoms with van der Waals surface area (Å²) in [4.78, 5) is 40.8. The summed E-state index contributed by atoms with van der Waals surface area (Å²) in [6.07, 6.45) is 4.90. The van der Waals surface area contributed by atoms with E-state index < -0.39 is 0 Å². The van der Waals surface area contributed by atoms with E-state index in [1.807, 2.05) is 17.5 Å². The molecule has 0 saturated heterocycles. The summed E-state index contributed by atoms with van der Waals surface area (Å²) in [7, 11) is 0. The number of imide groups is 1. The molecule has 2 aliphatic rings. The van der Waals surface area contributed by atoms with E-state index in [1.165, 1.54) is 22.3 Å². The Bertz CT molecular complexity index is 1130. The number of carbonyl (C=O) groups is 3. The number of aromatic nitrogens is 2. The molecule has 0 atom stereocenters. The molecular formula is C21H18N4O3S2. The van der Waals surface area contributed by atoms with E-state index in [-0.39, 0.29) is 23.8 Å². The Kier molecular flexibility index (Phi) is 4.92. The lowest BCUT2D eigenvalue weighted by molar-refractivity contribution is 0.0549. The van der Waals surface area contributed by atoms with Gasteiger partial charge in [-0.15, -0.1) is 21.5 Å². The largest absolute Gasteiger partial charge is 0.296 e. The van der Waals surface area contributed by atoms with Gasteiger partial charge in [0.2, 0.25) is 5.13 Å². The van der Waals surface area contributed by atoms with E-state index in [0.29, 0.717) is 21.8 Å². The number of amides is 3. The second-order valence-corrected chi connectivity index (χ2v) is 9.30. The number of benzene rings is 1. The number of rotatable bonds is 4. The van der Waals surface area contributed by atoms with Crippen molar-refractivity contribution in [1.82, 2.24) is 15.1 Å². The zero-order valence-corrected chi connectivity index (χ0v) is 17.6. The van der Waals surface area contributed by atoms with Gasteiger partial charge < -0.3 is 0 Å². The molecular weight excluding hydrogens is 420 g/mol. The fourth-order valence-corrected chi connectivity index (χ4v) is 5.55. The van der Waals surface area contributed by atoms with E-state index in [4.69, 9.17) is 0 Å². The molecule has 0 bridgehead atoms. The Balaban J connectivity index is 1.35. The predicted molar refractivity (Wildman–Crippen MR) is 115 cm³/mol. The third kappa shape index (κ3) is 3.33. The third-order valence-corrected chi connectivity index (χ3v) is 7.38. The number of nitrogens with one attached hydrogen (secondary N) is 1. The number of hydrogen-bond donors (Lipinski definition) is 1. The van der Waals surface area contributed by atoms with Gasteiger partial charge in [0.1, 0.15) is 0 Å². The third-order valence-electron chi connectivity index (χ3n) is 5.50. The monoisotopic (exact) mass is 438 g/mol. The summed E-state index contributed by atoms with van der Waals surface area (Å²) < 4.78 is 0. The number of fused-ring (bicyclic) bond motifs is 1. The second kappa shape index (κ2) is 7.73. The molecule has 1 aliphatic carbocycles. The Morgan fingerprint density at radius 3 is 2.60 bits per heavy atom. The molecule has 1 saturated carbocycles. The molecule has 30 heavy (non-hydrogen) atoms. The molecule has 0 unspecified atom stereocenters. The van der Waals surface area contributed by atoms with Gasteiger partial charge in [0.25, 0.3) is 17.7 Å². The Labute approximate surface area is 180 Å². The van der Waals surface area contributed by atoms with Crippen LogP contribution < -0.4 is 5.32 Å². The number of carbonyl (C=O) groups excluding carboxylic acids is 3. The van der Waals surface area contributed by atoms with Crippen LogP contribution in [0.3, 0.4) is 0 Å². The van der Waals surface area contributed by atoms with E-state index in [9.17, 15) is 14.4 Å². The van der Waals surface area contributed by atoms with Crippen molar-refractivity contribution in [2.24, 2.45) is 0 Å². The molecule has 0 radical (unpaired) electrons. The molecule has 1 N–H and O–H groups in total. The van der Waals surface area contributed by atoms with Gasteiger partial charge in [-0.1, -0.05) is 36.7 Å². The first-order valence-electron chi connectivity index (χ1n) is 9.82. The van der Waals surface area contributed by atoms with Gasteiger partial charge in [0, 0.05) is 11.6 Å². The average molecular weight is 439 g/mol. The van der Waals surface area contributed by atoms with E-state index >= 15 is 0 Å². The highest BCUT2D eigenvalue weighted by Crippen LogP contribution is 2.32. The van der Waals surface area contributed by atoms with Gasteiger partial charge >= 0.3 is 0 Å². The van der Waals surface area contributed by atoms with Gasteiger partial charge in [-0.25, -0.2) is 0 Å². The van der Waals surface area contributed by atoms with Crippen molar-refractivity contribution in [2.45, 2.75) is 38.1 Å². The van der Waals surface area contributed by atoms with Crippen molar-refractivity contribution in [3.8, 4) is 9.88 Å². The lowest BCUT2D eigenvalue weighted by Crippen LogP contribution is -2.40. The molecule has 1 fully saturated rings. The molecule has 1 aliphatic heterocycles. The van der Waals surface area contributed by atoms with Crippen molar-refractivity contribution in [1.29, 1.82) is 0 Å². The summed E-state index contributed by atoms with van der Waals surface area (Å²) in [5.41, 5.74) is 0.987. The van der Waals surface area contributed by atoms with Crippen LogP contribution in [0.5, 0.6) is 0 Å². The lowest BCUT2D eigenvalue weighted by Gasteiger charge is -2.29. The van der Waals surface area contributed by atoms with Crippen LogP contribution in [0.2, 0.25) is 0 Å². The zero-order valence-electron chi connectivity index (χ0n) is 16.0. The van der Waals surface area contributed by atoms with Crippen LogP contribution in [0, 0.1) is 0 Å². The average Bonchev–Trinajstić information content (AvgIpc) is 3.50. The van der Waals surface area contributed by atoms with Crippen LogP contribution in [0.15, 0.2) is 35.7 Å². The van der Waals surface area contributed by atoms with Crippen LogP contribution in [-0.4, -0.2) is 38.9 Å². The van der Waals surface area contributed by atoms with Crippen LogP contribution in [-0.2, 0) is 0 Å². The first-order valence-corrected chi connectivity index (χ1v) is 11.5. The highest BCUT2D eigenvalue weighted by atomic mass is 32.1. The quantitative estimate of drug-likeness (QED) is 0.608. The number of hydrogen-bond acceptors (Lipinski definition) is 7. The SMILES string of the molecule is O=C(Nc1nnc(-c2cccs2)s1)c1ccc2c(c1)C(=O)N(C1CCCCC1)C2=O. The fraction of sp³-hybridized carbons (Fsp3) is 0.286. The minimum absolute atomic E-state index is 0.0412. The number of thiophene rings is 1. The molecule has 3 aromatic rings. The van der Waals surface area contributed by atoms with Crippen molar-refractivity contribution in [3.63, 3.8) is 0 Å². The number of nitrogens with zero attached hydrogens (tertiary/aromatic N) is 3. The smallest absolute Gasteiger partial charge is 0.261 e. The fourth-order valence-electron chi connectivity index (χ4n) is 4.01. The standard InChI is InChI=1S/C21H18N4O3S2/c26-17(22-21-24-23-18(30-21)16-7-4-10-29-16)12-8-9-14-15(11-12)20(28)25(19(14)27)13-5-2-1-3-6-13/h4,7-11,13H,1-3,5-6H2,(H,22,24,26). The summed E-state index contributed by atoms with van der Waals surface area (Å²) in [6, 6.07) is 8.49. The first kappa shape index (κ1) is 19.1. The van der Waals surface area contributed by atoms with Crippen molar-refractivity contribution in [2.75, 3.05) is 5.32 Å². The maximum absolute atomic E-state index is 12.9. The van der Waals surface area contributed by atoms with Crippen LogP contribution in [0.4, 0.5) is 5.13 Å². The van der Waals surface area contributed by atoms with Crippen LogP contribution in [0.1, 0.15) is 63.2 Å². The first-order chi connectivity index (χ1) is 14.6. The van der Waals surface area contributed by atoms with Crippen molar-refractivity contribution < 1.29 is 14.4 Å². The highest BCUT2D eigenvalue weighted by molar-refractivity contribution is 7.23. The minimum Gasteiger partial charge on any atom is -0.296 e. The van der Waals surface area contributed by atoms with Crippen LogP contribution >= 0.6 is 22.7 Å². The number of anilines is 1. The van der Waals surface area contributed by atoms with Gasteiger partial charge in [-0.3, -0.25) is 24.6 Å². The molecule has 0 spiro atoms. The summed E-state index contributed by atoms with van der Waals surface area (Å²) in [5.74, 6) is -0.936. The summed E-state index contributed by atoms with van der Waals surface area (Å²) >= 11 is 2.84. The van der Waals surface area contributed by atoms with Crippen LogP contribution in [0.25, 0.3) is 9.88 Å². The predicted octanol–water partition coefficient (Wildman–Crippen LogP) is 4.45. The van der Waals surface area contributed by atoms with E-state index in [0.717, 1.165) is 42.0 Å². The van der Waals surface area contributed by atoms with Crippen molar-refractivity contribution in [3.05, 3.63) is 52.4 Å². The molecule has 7 nitrogen and oxygen atoms in total. The highest BCUT2D eigenvalue weighted by Gasteiger charge is 2.40. The topological polar surface area (TPSA) is 92.3 Å². The molecule has 152 valence electrons. The Hall–Kier alpha value is -2.91. The maximum atomic E-state index is 12.9. The lowest BCUT2D eigenvalue weighted by atomic mass is 9.94. The van der Waals surface area contributed by atoms with Gasteiger partial charge in [-0.2, -0.15) is 0 Å². The zero-order chi connectivity index (χ0) is 20.7. The maximum Gasteiger partial charge on any atom is 0.261 e. The van der Waals surface area contributed by atoms with Gasteiger partial charge in [-0.05, 0) is 42.5 Å². The second-order valence-electron chi connectivity index (χ2n) is 7.38. The molecule has 3 heterocycles. The van der Waals surface area contributed by atoms with Crippen molar-refractivity contribution >= 4 is 45.5 Å². The Morgan fingerprint density at radius 1 is 1.03 bits per heavy atom. The molecule has 3 amide bonds. The minimum atomic E-state index is -0.386. The van der Waals surface area contributed by atoms with Gasteiger partial charge in [0.05, 0.1) is 16.0 Å². The molecule has 1 aromatic carbocycles. The summed E-state index contributed by atoms with van der Waals surface area (Å²) in [6.45, 7) is 0. The Morgan fingerprint density at radius 2 is 1.83 bits per heavy atom. The van der Waals surface area contributed by atoms with E-state index in [2.05, 4.69) is 15.5 Å². The van der Waals surface area contributed by atoms with E-state index in [1.54, 1.807) is 23.5 Å².